The second-order valence-corrected chi connectivity index (χ2v) is 4.41. The Morgan fingerprint density at radius 1 is 1.45 bits per heavy atom. The number of nitrogens with zero attached hydrogens (tertiary/aromatic N) is 2. The van der Waals surface area contributed by atoms with Crippen molar-refractivity contribution < 1.29 is 14.3 Å². The Bertz CT molecular complexity index is 570. The number of aromatic nitrogens is 2. The molecule has 0 saturated heterocycles. The molecule has 20 heavy (non-hydrogen) atoms. The van der Waals surface area contributed by atoms with E-state index in [1.165, 1.54) is 18.2 Å². The van der Waals surface area contributed by atoms with Crippen molar-refractivity contribution in [2.45, 2.75) is 19.5 Å². The third-order valence-corrected chi connectivity index (χ3v) is 2.91. The molecule has 106 valence electrons. The summed E-state index contributed by atoms with van der Waals surface area (Å²) in [6.07, 6.45) is 4.47. The van der Waals surface area contributed by atoms with Gasteiger partial charge in [-0.1, -0.05) is 0 Å². The molecule has 0 fully saturated rings. The molecular formula is C14H16FN3O2. The average molecular weight is 277 g/mol. The number of carboxylic acid groups (broad SMARTS) is 1. The van der Waals surface area contributed by atoms with Crippen LogP contribution in [0.1, 0.15) is 22.3 Å². The summed E-state index contributed by atoms with van der Waals surface area (Å²) in [7, 11) is 0. The van der Waals surface area contributed by atoms with Gasteiger partial charge in [0.25, 0.3) is 0 Å². The number of carboxylic acids is 1. The van der Waals surface area contributed by atoms with Crippen LogP contribution >= 0.6 is 0 Å². The van der Waals surface area contributed by atoms with Crippen LogP contribution in [0.4, 0.5) is 4.39 Å². The Morgan fingerprint density at radius 3 is 3.00 bits per heavy atom. The van der Waals surface area contributed by atoms with Gasteiger partial charge in [0, 0.05) is 31.0 Å². The Hall–Kier alpha value is -2.21. The van der Waals surface area contributed by atoms with Crippen LogP contribution in [0.15, 0.2) is 36.7 Å². The molecule has 0 spiro atoms. The van der Waals surface area contributed by atoms with Gasteiger partial charge in [-0.15, -0.1) is 0 Å². The molecule has 0 amide bonds. The zero-order chi connectivity index (χ0) is 14.4. The molecule has 2 rings (SSSR count). The smallest absolute Gasteiger partial charge is 0.335 e. The minimum Gasteiger partial charge on any atom is -0.478 e. The number of aryl methyl sites for hydroxylation is 1. The number of nitrogens with one attached hydrogen (secondary N) is 1. The summed E-state index contributed by atoms with van der Waals surface area (Å²) >= 11 is 0. The van der Waals surface area contributed by atoms with E-state index in [9.17, 15) is 9.18 Å². The number of rotatable bonds is 7. The lowest BCUT2D eigenvalue weighted by atomic mass is 10.1. The second-order valence-electron chi connectivity index (χ2n) is 4.41. The fourth-order valence-electron chi connectivity index (χ4n) is 1.87. The van der Waals surface area contributed by atoms with Gasteiger partial charge in [0.15, 0.2) is 0 Å². The number of halogens is 1. The lowest BCUT2D eigenvalue weighted by Gasteiger charge is -2.07. The molecule has 1 aromatic carbocycles. The number of hydrogen-bond donors (Lipinski definition) is 2. The number of aromatic carboxylic acids is 1. The summed E-state index contributed by atoms with van der Waals surface area (Å²) in [5.41, 5.74) is 0.462. The summed E-state index contributed by atoms with van der Waals surface area (Å²) in [6, 6.07) is 5.67. The van der Waals surface area contributed by atoms with E-state index in [1.54, 1.807) is 6.20 Å². The monoisotopic (exact) mass is 277 g/mol. The number of hydrogen-bond acceptors (Lipinski definition) is 3. The quantitative estimate of drug-likeness (QED) is 0.759. The summed E-state index contributed by atoms with van der Waals surface area (Å²) in [5, 5.41) is 16.0. The van der Waals surface area contributed by atoms with E-state index in [-0.39, 0.29) is 5.56 Å². The van der Waals surface area contributed by atoms with E-state index < -0.39 is 11.8 Å². The molecule has 1 heterocycles. The van der Waals surface area contributed by atoms with Crippen LogP contribution in [0.3, 0.4) is 0 Å². The predicted octanol–water partition coefficient (Wildman–Crippen LogP) is 1.90. The topological polar surface area (TPSA) is 67.2 Å². The maximum Gasteiger partial charge on any atom is 0.335 e. The van der Waals surface area contributed by atoms with E-state index in [0.29, 0.717) is 18.7 Å². The zero-order valence-electron chi connectivity index (χ0n) is 10.9. The lowest BCUT2D eigenvalue weighted by molar-refractivity contribution is 0.0696. The van der Waals surface area contributed by atoms with Crippen molar-refractivity contribution in [3.05, 3.63) is 53.6 Å². The van der Waals surface area contributed by atoms with Crippen molar-refractivity contribution >= 4 is 5.97 Å². The minimum absolute atomic E-state index is 0.0970. The van der Waals surface area contributed by atoms with Gasteiger partial charge in [0.1, 0.15) is 5.82 Å². The molecule has 0 saturated carbocycles. The SMILES string of the molecule is O=C(O)c1ccc(F)c(CNCCCn2cccn2)c1. The molecule has 5 nitrogen and oxygen atoms in total. The summed E-state index contributed by atoms with van der Waals surface area (Å²) in [4.78, 5) is 10.8. The molecule has 0 radical (unpaired) electrons. The first-order chi connectivity index (χ1) is 9.66. The van der Waals surface area contributed by atoms with Gasteiger partial charge in [0.05, 0.1) is 5.56 Å². The summed E-state index contributed by atoms with van der Waals surface area (Å²) in [5.74, 6) is -1.44. The molecule has 0 aliphatic carbocycles. The van der Waals surface area contributed by atoms with Gasteiger partial charge in [-0.25, -0.2) is 9.18 Å². The van der Waals surface area contributed by atoms with Crippen LogP contribution in [0.5, 0.6) is 0 Å². The molecule has 0 bridgehead atoms. The first kappa shape index (κ1) is 14.2. The Morgan fingerprint density at radius 2 is 2.30 bits per heavy atom. The van der Waals surface area contributed by atoms with Crippen molar-refractivity contribution in [1.82, 2.24) is 15.1 Å². The number of benzene rings is 1. The average Bonchev–Trinajstić information content (AvgIpc) is 2.93. The van der Waals surface area contributed by atoms with Crippen molar-refractivity contribution in [2.24, 2.45) is 0 Å². The first-order valence-electron chi connectivity index (χ1n) is 6.36. The van der Waals surface area contributed by atoms with Crippen LogP contribution in [0.25, 0.3) is 0 Å². The van der Waals surface area contributed by atoms with E-state index in [4.69, 9.17) is 5.11 Å². The molecule has 6 heteroatoms. The maximum atomic E-state index is 13.5. The van der Waals surface area contributed by atoms with E-state index >= 15 is 0 Å². The van der Waals surface area contributed by atoms with Gasteiger partial charge in [-0.05, 0) is 37.2 Å². The van der Waals surface area contributed by atoms with Crippen LogP contribution in [0.2, 0.25) is 0 Å². The Kier molecular flexibility index (Phi) is 4.84. The van der Waals surface area contributed by atoms with Crippen LogP contribution in [-0.4, -0.2) is 27.4 Å². The van der Waals surface area contributed by atoms with Crippen molar-refractivity contribution in [3.8, 4) is 0 Å². The standard InChI is InChI=1S/C14H16FN3O2/c15-13-4-3-11(14(19)20)9-12(13)10-16-5-1-7-18-8-2-6-17-18/h2-4,6,8-9,16H,1,5,7,10H2,(H,19,20). The molecule has 2 aromatic rings. The van der Waals surface area contributed by atoms with Gasteiger partial charge >= 0.3 is 5.97 Å². The molecule has 0 atom stereocenters. The van der Waals surface area contributed by atoms with Gasteiger partial charge < -0.3 is 10.4 Å². The third-order valence-electron chi connectivity index (χ3n) is 2.91. The summed E-state index contributed by atoms with van der Waals surface area (Å²) in [6.45, 7) is 1.81. The highest BCUT2D eigenvalue weighted by Gasteiger charge is 2.07. The Labute approximate surface area is 116 Å². The second kappa shape index (κ2) is 6.81. The highest BCUT2D eigenvalue weighted by molar-refractivity contribution is 5.87. The van der Waals surface area contributed by atoms with Crippen LogP contribution < -0.4 is 5.32 Å². The third kappa shape index (κ3) is 3.89. The first-order valence-corrected chi connectivity index (χ1v) is 6.36. The molecule has 0 aliphatic rings. The minimum atomic E-state index is -1.05. The molecule has 0 unspecified atom stereocenters. The van der Waals surface area contributed by atoms with Crippen molar-refractivity contribution in [3.63, 3.8) is 0 Å². The molecule has 1 aromatic heterocycles. The van der Waals surface area contributed by atoms with Gasteiger partial charge in [-0.3, -0.25) is 4.68 Å². The fourth-order valence-corrected chi connectivity index (χ4v) is 1.87. The van der Waals surface area contributed by atoms with Crippen LogP contribution in [0, 0.1) is 5.82 Å². The lowest BCUT2D eigenvalue weighted by Crippen LogP contribution is -2.17. The van der Waals surface area contributed by atoms with Crippen LogP contribution in [-0.2, 0) is 13.1 Å². The largest absolute Gasteiger partial charge is 0.478 e. The van der Waals surface area contributed by atoms with Gasteiger partial charge in [0.2, 0.25) is 0 Å². The molecular weight excluding hydrogens is 261 g/mol. The number of carbonyl (C=O) groups is 1. The van der Waals surface area contributed by atoms with Crippen molar-refractivity contribution in [2.75, 3.05) is 6.54 Å². The Balaban J connectivity index is 1.78. The zero-order valence-corrected chi connectivity index (χ0v) is 10.9. The van der Waals surface area contributed by atoms with Crippen molar-refractivity contribution in [1.29, 1.82) is 0 Å². The fraction of sp³-hybridized carbons (Fsp3) is 0.286. The predicted molar refractivity (Wildman–Crippen MR) is 71.9 cm³/mol. The van der Waals surface area contributed by atoms with Gasteiger partial charge in [-0.2, -0.15) is 5.10 Å². The normalized spacial score (nSPS) is 10.7. The van der Waals surface area contributed by atoms with E-state index in [0.717, 1.165) is 13.0 Å². The summed E-state index contributed by atoms with van der Waals surface area (Å²) < 4.78 is 15.3. The molecule has 2 N–H and O–H groups in total. The van der Waals surface area contributed by atoms with E-state index in [2.05, 4.69) is 10.4 Å². The molecule has 0 aliphatic heterocycles. The van der Waals surface area contributed by atoms with E-state index in [1.807, 2.05) is 16.9 Å². The highest BCUT2D eigenvalue weighted by atomic mass is 19.1. The highest BCUT2D eigenvalue weighted by Crippen LogP contribution is 2.10. The maximum absolute atomic E-state index is 13.5.